The van der Waals surface area contributed by atoms with Gasteiger partial charge in [0.25, 0.3) is 5.91 Å². The van der Waals surface area contributed by atoms with Crippen LogP contribution in [0.25, 0.3) is 27.6 Å². The van der Waals surface area contributed by atoms with Crippen molar-refractivity contribution in [3.05, 3.63) is 119 Å². The van der Waals surface area contributed by atoms with Crippen LogP contribution in [-0.2, 0) is 0 Å². The lowest BCUT2D eigenvalue weighted by atomic mass is 10.0. The molecule has 2 bridgehead atoms. The molecule has 176 valence electrons. The number of aromatic hydroxyl groups is 1. The summed E-state index contributed by atoms with van der Waals surface area (Å²) in [6.07, 6.45) is 0.641. The van der Waals surface area contributed by atoms with Crippen LogP contribution in [0.2, 0.25) is 0 Å². The van der Waals surface area contributed by atoms with E-state index >= 15 is 0 Å². The highest BCUT2D eigenvalue weighted by molar-refractivity contribution is 5.95. The van der Waals surface area contributed by atoms with Crippen LogP contribution in [0.1, 0.15) is 34.6 Å². The number of rotatable bonds is 3. The zero-order valence-electron chi connectivity index (χ0n) is 19.4. The molecule has 1 saturated heterocycles. The zero-order valence-corrected chi connectivity index (χ0v) is 19.4. The van der Waals surface area contributed by atoms with Crippen LogP contribution in [0.4, 0.5) is 0 Å². The third kappa shape index (κ3) is 2.91. The van der Waals surface area contributed by atoms with Crippen molar-refractivity contribution >= 4 is 16.7 Å². The molecule has 0 spiro atoms. The first-order valence-corrected chi connectivity index (χ1v) is 12.1. The molecule has 0 radical (unpaired) electrons. The predicted octanol–water partition coefficient (Wildman–Crippen LogP) is 5.31. The molecule has 4 aromatic carbocycles. The lowest BCUT2D eigenvalue weighted by Gasteiger charge is -2.27. The molecule has 0 aliphatic carbocycles. The number of amides is 1. The number of aromatic nitrogens is 2. The van der Waals surface area contributed by atoms with E-state index < -0.39 is 0 Å². The highest BCUT2D eigenvalue weighted by atomic mass is 16.3. The van der Waals surface area contributed by atoms with E-state index in [2.05, 4.69) is 0 Å². The summed E-state index contributed by atoms with van der Waals surface area (Å²) in [6, 6.07) is 30.7. The molecule has 3 heterocycles. The minimum absolute atomic E-state index is 0.0826. The summed E-state index contributed by atoms with van der Waals surface area (Å²) in [6.45, 7) is 0.454. The van der Waals surface area contributed by atoms with Gasteiger partial charge in [0.2, 0.25) is 5.88 Å². The second kappa shape index (κ2) is 7.71. The molecule has 1 fully saturated rings. The van der Waals surface area contributed by atoms with E-state index in [1.165, 1.54) is 4.57 Å². The second-order valence-electron chi connectivity index (χ2n) is 9.50. The summed E-state index contributed by atoms with van der Waals surface area (Å²) >= 11 is 0. The molecule has 6 heteroatoms. The van der Waals surface area contributed by atoms with Gasteiger partial charge >= 0.3 is 5.69 Å². The Kier molecular flexibility index (Phi) is 4.45. The van der Waals surface area contributed by atoms with Gasteiger partial charge in [0, 0.05) is 17.5 Å². The van der Waals surface area contributed by atoms with E-state index in [9.17, 15) is 14.7 Å². The molecule has 36 heavy (non-hydrogen) atoms. The minimum Gasteiger partial charge on any atom is -0.493 e. The first kappa shape index (κ1) is 20.8. The lowest BCUT2D eigenvalue weighted by molar-refractivity contribution is 0.0711. The molecule has 2 aliphatic rings. The molecule has 1 amide bonds. The van der Waals surface area contributed by atoms with Crippen LogP contribution >= 0.6 is 0 Å². The molecule has 2 aliphatic heterocycles. The van der Waals surface area contributed by atoms with Crippen molar-refractivity contribution in [2.75, 3.05) is 6.54 Å². The van der Waals surface area contributed by atoms with Gasteiger partial charge in [-0.3, -0.25) is 9.36 Å². The zero-order chi connectivity index (χ0) is 24.4. The fraction of sp³-hybridized carbons (Fsp3) is 0.133. The van der Waals surface area contributed by atoms with E-state index in [-0.39, 0.29) is 29.6 Å². The average molecular weight is 474 g/mol. The molecule has 2 atom stereocenters. The van der Waals surface area contributed by atoms with Crippen LogP contribution < -0.4 is 5.69 Å². The van der Waals surface area contributed by atoms with Crippen molar-refractivity contribution < 1.29 is 9.90 Å². The summed E-state index contributed by atoms with van der Waals surface area (Å²) in [7, 11) is 0. The highest BCUT2D eigenvalue weighted by Crippen LogP contribution is 2.49. The van der Waals surface area contributed by atoms with Crippen LogP contribution in [0.15, 0.2) is 102 Å². The molecule has 1 N–H and O–H groups in total. The Hall–Kier alpha value is -4.58. The van der Waals surface area contributed by atoms with Gasteiger partial charge in [0.15, 0.2) is 0 Å². The molecule has 0 saturated carbocycles. The van der Waals surface area contributed by atoms with Gasteiger partial charge < -0.3 is 10.0 Å². The Morgan fingerprint density at radius 3 is 2.31 bits per heavy atom. The number of carbonyl (C=O) groups is 1. The van der Waals surface area contributed by atoms with E-state index in [0.29, 0.717) is 29.9 Å². The van der Waals surface area contributed by atoms with Gasteiger partial charge in [-0.05, 0) is 41.1 Å². The van der Waals surface area contributed by atoms with E-state index in [1.54, 1.807) is 9.47 Å². The first-order chi connectivity index (χ1) is 17.6. The number of likely N-dealkylation sites (tertiary alicyclic amines) is 1. The Balaban J connectivity index is 1.25. The fourth-order valence-corrected chi connectivity index (χ4v) is 5.89. The summed E-state index contributed by atoms with van der Waals surface area (Å²) in [5.74, 6) is -0.168. The second-order valence-corrected chi connectivity index (χ2v) is 9.50. The standard InChI is InChI=1S/C30H23N3O3/c34-28(22-15-13-20(14-16-22)19-7-2-1-3-8-19)31-18-23-17-26(31)27-29(35)33(30(36)32(23)27)25-12-6-10-21-9-4-5-11-24(21)25/h1-16,23,26,35H,17-18H2. The maximum Gasteiger partial charge on any atom is 0.336 e. The smallest absolute Gasteiger partial charge is 0.336 e. The third-order valence-corrected chi connectivity index (χ3v) is 7.56. The normalized spacial score (nSPS) is 18.1. The van der Waals surface area contributed by atoms with Gasteiger partial charge in [-0.2, -0.15) is 0 Å². The van der Waals surface area contributed by atoms with Gasteiger partial charge in [-0.1, -0.05) is 78.9 Å². The van der Waals surface area contributed by atoms with Crippen molar-refractivity contribution in [1.82, 2.24) is 14.0 Å². The number of carbonyl (C=O) groups excluding carboxylic acids is 1. The van der Waals surface area contributed by atoms with E-state index in [0.717, 1.165) is 21.9 Å². The van der Waals surface area contributed by atoms with Gasteiger partial charge in [0.1, 0.15) is 5.69 Å². The van der Waals surface area contributed by atoms with Crippen molar-refractivity contribution in [1.29, 1.82) is 0 Å². The Morgan fingerprint density at radius 2 is 1.50 bits per heavy atom. The molecular weight excluding hydrogens is 450 g/mol. The van der Waals surface area contributed by atoms with Crippen molar-refractivity contribution in [2.24, 2.45) is 0 Å². The third-order valence-electron chi connectivity index (χ3n) is 7.56. The Bertz CT molecular complexity index is 1690. The van der Waals surface area contributed by atoms with Crippen LogP contribution in [0, 0.1) is 0 Å². The van der Waals surface area contributed by atoms with Crippen LogP contribution in [0.3, 0.4) is 0 Å². The maximum absolute atomic E-state index is 13.5. The molecule has 7 rings (SSSR count). The molecule has 6 nitrogen and oxygen atoms in total. The van der Waals surface area contributed by atoms with Crippen molar-refractivity contribution in [3.63, 3.8) is 0 Å². The average Bonchev–Trinajstić information content (AvgIpc) is 3.60. The predicted molar refractivity (Wildman–Crippen MR) is 139 cm³/mol. The molecule has 1 aromatic heterocycles. The Morgan fingerprint density at radius 1 is 0.806 bits per heavy atom. The summed E-state index contributed by atoms with van der Waals surface area (Å²) in [5, 5.41) is 13.2. The topological polar surface area (TPSA) is 67.5 Å². The molecule has 5 aromatic rings. The number of imidazole rings is 1. The largest absolute Gasteiger partial charge is 0.493 e. The number of fused-ring (bicyclic) bond motifs is 6. The summed E-state index contributed by atoms with van der Waals surface area (Å²) < 4.78 is 3.07. The Labute approximate surface area is 207 Å². The number of benzene rings is 4. The van der Waals surface area contributed by atoms with Crippen LogP contribution in [-0.4, -0.2) is 31.6 Å². The lowest BCUT2D eigenvalue weighted by Crippen LogP contribution is -2.37. The summed E-state index contributed by atoms with van der Waals surface area (Å²) in [4.78, 5) is 28.8. The van der Waals surface area contributed by atoms with Crippen molar-refractivity contribution in [2.45, 2.75) is 18.5 Å². The van der Waals surface area contributed by atoms with Gasteiger partial charge in [-0.25, -0.2) is 9.36 Å². The molecular formula is C30H23N3O3. The van der Waals surface area contributed by atoms with E-state index in [4.69, 9.17) is 0 Å². The van der Waals surface area contributed by atoms with Crippen molar-refractivity contribution in [3.8, 4) is 22.7 Å². The fourth-order valence-electron chi connectivity index (χ4n) is 5.89. The summed E-state index contributed by atoms with van der Waals surface area (Å²) in [5.41, 5.74) is 3.66. The number of hydrogen-bond acceptors (Lipinski definition) is 3. The number of hydrogen-bond donors (Lipinski definition) is 1. The molecule has 2 unspecified atom stereocenters. The van der Waals surface area contributed by atoms with E-state index in [1.807, 2.05) is 97.1 Å². The monoisotopic (exact) mass is 473 g/mol. The maximum atomic E-state index is 13.5. The number of nitrogens with zero attached hydrogens (tertiary/aromatic N) is 3. The van der Waals surface area contributed by atoms with Gasteiger partial charge in [0.05, 0.1) is 17.8 Å². The van der Waals surface area contributed by atoms with Gasteiger partial charge in [-0.15, -0.1) is 0 Å². The minimum atomic E-state index is -0.333. The first-order valence-electron chi connectivity index (χ1n) is 12.1. The SMILES string of the molecule is O=C(c1ccc(-c2ccccc2)cc1)N1CC2CC1c1c(O)n(-c3cccc4ccccc34)c(=O)n12. The quantitative estimate of drug-likeness (QED) is 0.386. The highest BCUT2D eigenvalue weighted by Gasteiger charge is 2.49. The van der Waals surface area contributed by atoms with Crippen LogP contribution in [0.5, 0.6) is 5.88 Å².